The van der Waals surface area contributed by atoms with E-state index >= 15 is 0 Å². The van der Waals surface area contributed by atoms with Crippen LogP contribution in [0.1, 0.15) is 18.4 Å². The van der Waals surface area contributed by atoms with E-state index in [0.29, 0.717) is 35.5 Å². The molecule has 1 heterocycles. The number of rotatable bonds is 6. The van der Waals surface area contributed by atoms with Crippen molar-refractivity contribution in [2.75, 3.05) is 25.5 Å². The lowest BCUT2D eigenvalue weighted by molar-refractivity contribution is -0.128. The molecule has 150 valence electrons. The molecule has 2 aromatic carbocycles. The number of anilines is 1. The summed E-state index contributed by atoms with van der Waals surface area (Å²) in [5, 5.41) is 13.0. The summed E-state index contributed by atoms with van der Waals surface area (Å²) in [5.74, 6) is 0.890. The summed E-state index contributed by atoms with van der Waals surface area (Å²) >= 11 is 6.02. The predicted octanol–water partition coefficient (Wildman–Crippen LogP) is 4.65. The molecular weight excluding hydrogens is 386 g/mol. The van der Waals surface area contributed by atoms with E-state index in [4.69, 9.17) is 16.3 Å². The predicted molar refractivity (Wildman–Crippen MR) is 115 cm³/mol. The number of ether oxygens (including phenoxy) is 1. The summed E-state index contributed by atoms with van der Waals surface area (Å²) in [4.78, 5) is 14.5. The monoisotopic (exact) mass is 409 g/mol. The maximum absolute atomic E-state index is 12.8. The van der Waals surface area contributed by atoms with Crippen LogP contribution in [0.5, 0.6) is 5.75 Å². The van der Waals surface area contributed by atoms with Gasteiger partial charge < -0.3 is 15.0 Å². The highest BCUT2D eigenvalue weighted by Gasteiger charge is 2.25. The minimum absolute atomic E-state index is 0.0635. The number of hydrogen-bond donors (Lipinski definition) is 1. The van der Waals surface area contributed by atoms with Gasteiger partial charge in [-0.05, 0) is 48.9 Å². The molecule has 3 rings (SSSR count). The zero-order valence-corrected chi connectivity index (χ0v) is 17.2. The summed E-state index contributed by atoms with van der Waals surface area (Å²) in [6.07, 6.45) is 4.33. The van der Waals surface area contributed by atoms with Crippen LogP contribution in [-0.2, 0) is 11.2 Å². The lowest BCUT2D eigenvalue weighted by Crippen LogP contribution is -2.39. The van der Waals surface area contributed by atoms with Crippen molar-refractivity contribution in [1.82, 2.24) is 4.90 Å². The second-order valence-corrected chi connectivity index (χ2v) is 7.52. The first-order valence-corrected chi connectivity index (χ1v) is 10.0. The summed E-state index contributed by atoms with van der Waals surface area (Å²) in [7, 11) is 1.55. The van der Waals surface area contributed by atoms with Crippen molar-refractivity contribution in [3.05, 3.63) is 70.9 Å². The fourth-order valence-corrected chi connectivity index (χ4v) is 3.71. The highest BCUT2D eigenvalue weighted by atomic mass is 35.5. The second-order valence-electron chi connectivity index (χ2n) is 7.08. The van der Waals surface area contributed by atoms with E-state index in [-0.39, 0.29) is 11.5 Å². The van der Waals surface area contributed by atoms with E-state index in [0.717, 1.165) is 19.3 Å². The van der Waals surface area contributed by atoms with E-state index in [1.165, 1.54) is 11.8 Å². The largest absolute Gasteiger partial charge is 0.495 e. The topological polar surface area (TPSA) is 65.4 Å². The summed E-state index contributed by atoms with van der Waals surface area (Å²) in [6.45, 7) is 1.33. The average molecular weight is 410 g/mol. The van der Waals surface area contributed by atoms with Gasteiger partial charge in [-0.3, -0.25) is 4.79 Å². The van der Waals surface area contributed by atoms with Gasteiger partial charge in [-0.15, -0.1) is 0 Å². The van der Waals surface area contributed by atoms with Crippen LogP contribution in [-0.4, -0.2) is 31.0 Å². The van der Waals surface area contributed by atoms with Gasteiger partial charge >= 0.3 is 0 Å². The number of nitrogens with zero attached hydrogens (tertiary/aromatic N) is 2. The Balaban J connectivity index is 1.60. The van der Waals surface area contributed by atoms with E-state index < -0.39 is 0 Å². The molecule has 0 atom stereocenters. The molecule has 6 heteroatoms. The standard InChI is InChI=1S/C23H24ClN3O2/c1-29-22-8-7-20(24)14-21(22)26-16-19(15-25)23(28)27-11-9-18(10-12-27)13-17-5-3-2-4-6-17/h2-8,14,16,18,26H,9-13H2,1H3/b19-16-. The van der Waals surface area contributed by atoms with Crippen molar-refractivity contribution >= 4 is 23.2 Å². The molecule has 5 nitrogen and oxygen atoms in total. The van der Waals surface area contributed by atoms with Gasteiger partial charge in [0.25, 0.3) is 5.91 Å². The van der Waals surface area contributed by atoms with E-state index in [9.17, 15) is 10.1 Å². The minimum atomic E-state index is -0.251. The quantitative estimate of drug-likeness (QED) is 0.557. The summed E-state index contributed by atoms with van der Waals surface area (Å²) < 4.78 is 5.28. The molecule has 2 aromatic rings. The second kappa shape index (κ2) is 9.99. The lowest BCUT2D eigenvalue weighted by Gasteiger charge is -2.32. The number of benzene rings is 2. The SMILES string of the molecule is COc1ccc(Cl)cc1N/C=C(/C#N)C(=O)N1CCC(Cc2ccccc2)CC1. The zero-order chi connectivity index (χ0) is 20.6. The Kier molecular flexibility index (Phi) is 7.15. The average Bonchev–Trinajstić information content (AvgIpc) is 2.75. The molecule has 0 radical (unpaired) electrons. The Labute approximate surface area is 176 Å². The number of hydrogen-bond acceptors (Lipinski definition) is 4. The number of piperidine rings is 1. The number of nitrogens with one attached hydrogen (secondary N) is 1. The van der Waals surface area contributed by atoms with Crippen LogP contribution >= 0.6 is 11.6 Å². The molecule has 29 heavy (non-hydrogen) atoms. The number of halogens is 1. The van der Waals surface area contributed by atoms with Crippen molar-refractivity contribution in [2.45, 2.75) is 19.3 Å². The van der Waals surface area contributed by atoms with E-state index in [2.05, 4.69) is 29.6 Å². The lowest BCUT2D eigenvalue weighted by atomic mass is 9.90. The molecule has 0 unspecified atom stereocenters. The molecular formula is C23H24ClN3O2. The van der Waals surface area contributed by atoms with Gasteiger partial charge in [0.05, 0.1) is 12.8 Å². The smallest absolute Gasteiger partial charge is 0.266 e. The number of nitriles is 1. The highest BCUT2D eigenvalue weighted by Crippen LogP contribution is 2.28. The first-order valence-electron chi connectivity index (χ1n) is 9.64. The minimum Gasteiger partial charge on any atom is -0.495 e. The normalized spacial score (nSPS) is 14.9. The van der Waals surface area contributed by atoms with Gasteiger partial charge in [0, 0.05) is 24.3 Å². The summed E-state index contributed by atoms with van der Waals surface area (Å²) in [5.41, 5.74) is 1.99. The number of likely N-dealkylation sites (tertiary alicyclic amines) is 1. The Morgan fingerprint density at radius 2 is 2.00 bits per heavy atom. The molecule has 0 aromatic heterocycles. The van der Waals surface area contributed by atoms with Crippen LogP contribution in [0.2, 0.25) is 5.02 Å². The van der Waals surface area contributed by atoms with Gasteiger partial charge in [-0.25, -0.2) is 0 Å². The van der Waals surface area contributed by atoms with Gasteiger partial charge in [0.15, 0.2) is 0 Å². The van der Waals surface area contributed by atoms with Crippen LogP contribution < -0.4 is 10.1 Å². The number of carbonyl (C=O) groups is 1. The maximum atomic E-state index is 12.8. The fraction of sp³-hybridized carbons (Fsp3) is 0.304. The first kappa shape index (κ1) is 20.8. The van der Waals surface area contributed by atoms with Crippen LogP contribution in [0.25, 0.3) is 0 Å². The third kappa shape index (κ3) is 5.52. The van der Waals surface area contributed by atoms with Crippen molar-refractivity contribution in [1.29, 1.82) is 5.26 Å². The van der Waals surface area contributed by atoms with E-state index in [1.54, 1.807) is 30.2 Å². The molecule has 0 bridgehead atoms. The molecule has 1 aliphatic heterocycles. The molecule has 0 spiro atoms. The van der Waals surface area contributed by atoms with Crippen molar-refractivity contribution in [2.24, 2.45) is 5.92 Å². The number of carbonyl (C=O) groups excluding carboxylic acids is 1. The highest BCUT2D eigenvalue weighted by molar-refractivity contribution is 6.30. The van der Waals surface area contributed by atoms with Gasteiger partial charge in [-0.1, -0.05) is 41.9 Å². The molecule has 1 saturated heterocycles. The Morgan fingerprint density at radius 1 is 1.28 bits per heavy atom. The van der Waals surface area contributed by atoms with Crippen LogP contribution in [0.4, 0.5) is 5.69 Å². The molecule has 1 fully saturated rings. The molecule has 1 N–H and O–H groups in total. The summed E-state index contributed by atoms with van der Waals surface area (Å²) in [6, 6.07) is 17.5. The third-order valence-corrected chi connectivity index (χ3v) is 5.39. The van der Waals surface area contributed by atoms with Crippen LogP contribution in [0.3, 0.4) is 0 Å². The van der Waals surface area contributed by atoms with Gasteiger partial charge in [0.2, 0.25) is 0 Å². The molecule has 1 aliphatic rings. The van der Waals surface area contributed by atoms with Crippen LogP contribution in [0, 0.1) is 17.2 Å². The van der Waals surface area contributed by atoms with E-state index in [1.807, 2.05) is 12.1 Å². The fourth-order valence-electron chi connectivity index (χ4n) is 3.54. The number of amides is 1. The molecule has 0 saturated carbocycles. The third-order valence-electron chi connectivity index (χ3n) is 5.15. The van der Waals surface area contributed by atoms with Gasteiger partial charge in [-0.2, -0.15) is 5.26 Å². The van der Waals surface area contributed by atoms with Crippen molar-refractivity contribution in [3.8, 4) is 11.8 Å². The number of methoxy groups -OCH3 is 1. The van der Waals surface area contributed by atoms with Crippen LogP contribution in [0.15, 0.2) is 60.3 Å². The molecule has 1 amide bonds. The Hall–Kier alpha value is -2.97. The Bertz CT molecular complexity index is 913. The first-order chi connectivity index (χ1) is 14.1. The van der Waals surface area contributed by atoms with Gasteiger partial charge in [0.1, 0.15) is 17.4 Å². The molecule has 0 aliphatic carbocycles. The van der Waals surface area contributed by atoms with Crippen molar-refractivity contribution in [3.63, 3.8) is 0 Å². The van der Waals surface area contributed by atoms with Crippen molar-refractivity contribution < 1.29 is 9.53 Å². The Morgan fingerprint density at radius 3 is 2.66 bits per heavy atom. The zero-order valence-electron chi connectivity index (χ0n) is 16.4. The maximum Gasteiger partial charge on any atom is 0.266 e.